The summed E-state index contributed by atoms with van der Waals surface area (Å²) in [5.41, 5.74) is 2.94. The number of nitro benzene ring substituents is 1. The highest BCUT2D eigenvalue weighted by atomic mass is 16.6. The summed E-state index contributed by atoms with van der Waals surface area (Å²) < 4.78 is 10.9. The van der Waals surface area contributed by atoms with Gasteiger partial charge < -0.3 is 14.4 Å². The molecule has 0 amide bonds. The van der Waals surface area contributed by atoms with E-state index >= 15 is 0 Å². The zero-order valence-electron chi connectivity index (χ0n) is 21.8. The van der Waals surface area contributed by atoms with Crippen molar-refractivity contribution in [2.24, 2.45) is 20.5 Å². The van der Waals surface area contributed by atoms with Crippen LogP contribution in [-0.4, -0.2) is 38.5 Å². The van der Waals surface area contributed by atoms with Crippen LogP contribution in [0.3, 0.4) is 0 Å². The van der Waals surface area contributed by atoms with Crippen molar-refractivity contribution < 1.29 is 19.2 Å². The molecule has 0 spiro atoms. The summed E-state index contributed by atoms with van der Waals surface area (Å²) in [5.74, 6) is 1.11. The minimum atomic E-state index is -0.478. The Morgan fingerprint density at radius 1 is 0.868 bits per heavy atom. The van der Waals surface area contributed by atoms with Crippen LogP contribution in [-0.2, 0) is 4.79 Å². The molecule has 0 N–H and O–H groups in total. The Kier molecular flexibility index (Phi) is 9.98. The summed E-state index contributed by atoms with van der Waals surface area (Å²) in [6.07, 6.45) is 1.99. The van der Waals surface area contributed by atoms with E-state index < -0.39 is 4.92 Å². The number of nitrogens with zero attached hydrogens (tertiary/aromatic N) is 6. The predicted octanol–water partition coefficient (Wildman–Crippen LogP) is 7.64. The molecule has 0 saturated heterocycles. The van der Waals surface area contributed by atoms with Gasteiger partial charge in [-0.25, -0.2) is 0 Å². The maximum Gasteiger partial charge on any atom is 0.269 e. The second-order valence-electron chi connectivity index (χ2n) is 8.30. The molecule has 11 heteroatoms. The van der Waals surface area contributed by atoms with Gasteiger partial charge in [0.2, 0.25) is 0 Å². The first kappa shape index (κ1) is 27.9. The first-order valence-corrected chi connectivity index (χ1v) is 12.0. The zero-order valence-corrected chi connectivity index (χ0v) is 21.8. The Hall–Kier alpha value is -4.67. The minimum Gasteiger partial charge on any atom is -0.494 e. The SMILES string of the molecule is CCC(=O)CCCN(C)c1ccc(N=Nc2cc(OC)c(N=Nc3ccc([N+](=O)[O-])cc3)cc2OC)cc1. The molecule has 0 unspecified atom stereocenters. The summed E-state index contributed by atoms with van der Waals surface area (Å²) in [5, 5.41) is 27.8. The molecular formula is C27H30N6O5. The van der Waals surface area contributed by atoms with Crippen molar-refractivity contribution in [1.82, 2.24) is 0 Å². The molecule has 0 atom stereocenters. The third kappa shape index (κ3) is 7.66. The van der Waals surface area contributed by atoms with Gasteiger partial charge in [-0.1, -0.05) is 6.92 Å². The number of hydrogen-bond acceptors (Lipinski definition) is 10. The van der Waals surface area contributed by atoms with Crippen LogP contribution in [0.25, 0.3) is 0 Å². The quantitative estimate of drug-likeness (QED) is 0.130. The highest BCUT2D eigenvalue weighted by molar-refractivity contribution is 5.78. The molecule has 0 bridgehead atoms. The van der Waals surface area contributed by atoms with Crippen LogP contribution in [0.4, 0.5) is 34.1 Å². The fourth-order valence-corrected chi connectivity index (χ4v) is 3.48. The van der Waals surface area contributed by atoms with Gasteiger partial charge in [0.1, 0.15) is 28.7 Å². The van der Waals surface area contributed by atoms with Gasteiger partial charge in [0, 0.05) is 56.4 Å². The number of carbonyl (C=O) groups is 1. The molecule has 0 aliphatic heterocycles. The third-order valence-corrected chi connectivity index (χ3v) is 5.72. The molecule has 0 saturated carbocycles. The summed E-state index contributed by atoms with van der Waals surface area (Å²) in [4.78, 5) is 23.9. The lowest BCUT2D eigenvalue weighted by atomic mass is 10.1. The van der Waals surface area contributed by atoms with Crippen LogP contribution in [0.5, 0.6) is 11.5 Å². The van der Waals surface area contributed by atoms with Crippen molar-refractivity contribution in [3.63, 3.8) is 0 Å². The lowest BCUT2D eigenvalue weighted by Crippen LogP contribution is -2.19. The van der Waals surface area contributed by atoms with Crippen molar-refractivity contribution in [3.8, 4) is 11.5 Å². The minimum absolute atomic E-state index is 0.0281. The molecule has 0 fully saturated rings. The number of benzene rings is 3. The van der Waals surface area contributed by atoms with E-state index in [1.165, 1.54) is 38.5 Å². The molecule has 0 radical (unpaired) electrons. The van der Waals surface area contributed by atoms with Crippen molar-refractivity contribution in [3.05, 3.63) is 70.8 Å². The molecule has 11 nitrogen and oxygen atoms in total. The number of nitro groups is 1. The number of rotatable bonds is 13. The van der Waals surface area contributed by atoms with E-state index in [2.05, 4.69) is 25.4 Å². The second kappa shape index (κ2) is 13.6. The molecule has 38 heavy (non-hydrogen) atoms. The van der Waals surface area contributed by atoms with E-state index in [1.54, 1.807) is 12.1 Å². The average molecular weight is 519 g/mol. The molecule has 198 valence electrons. The molecule has 3 aromatic rings. The average Bonchev–Trinajstić information content (AvgIpc) is 2.94. The number of hydrogen-bond donors (Lipinski definition) is 0. The largest absolute Gasteiger partial charge is 0.494 e. The molecule has 3 rings (SSSR count). The fraction of sp³-hybridized carbons (Fsp3) is 0.296. The molecular weight excluding hydrogens is 488 g/mol. The Morgan fingerprint density at radius 3 is 1.82 bits per heavy atom. The van der Waals surface area contributed by atoms with Crippen LogP contribution in [0, 0.1) is 10.1 Å². The van der Waals surface area contributed by atoms with E-state index in [9.17, 15) is 14.9 Å². The van der Waals surface area contributed by atoms with Gasteiger partial charge >= 0.3 is 0 Å². The van der Waals surface area contributed by atoms with Gasteiger partial charge in [0.25, 0.3) is 5.69 Å². The van der Waals surface area contributed by atoms with Gasteiger partial charge in [-0.2, -0.15) is 10.2 Å². The first-order chi connectivity index (χ1) is 18.3. The van der Waals surface area contributed by atoms with E-state index in [1.807, 2.05) is 38.2 Å². The number of anilines is 1. The fourth-order valence-electron chi connectivity index (χ4n) is 3.48. The number of carbonyl (C=O) groups excluding carboxylic acids is 1. The Labute approximate surface area is 221 Å². The number of azo groups is 2. The highest BCUT2D eigenvalue weighted by Gasteiger charge is 2.12. The van der Waals surface area contributed by atoms with Gasteiger partial charge in [-0.05, 0) is 42.8 Å². The third-order valence-electron chi connectivity index (χ3n) is 5.72. The van der Waals surface area contributed by atoms with Gasteiger partial charge in [0.15, 0.2) is 0 Å². The lowest BCUT2D eigenvalue weighted by molar-refractivity contribution is -0.384. The molecule has 0 aromatic heterocycles. The molecule has 0 heterocycles. The van der Waals surface area contributed by atoms with Crippen molar-refractivity contribution in [2.45, 2.75) is 26.2 Å². The van der Waals surface area contributed by atoms with Crippen LogP contribution >= 0.6 is 0 Å². The summed E-state index contributed by atoms with van der Waals surface area (Å²) in [6.45, 7) is 2.67. The van der Waals surface area contributed by atoms with E-state index in [0.29, 0.717) is 47.1 Å². The van der Waals surface area contributed by atoms with Gasteiger partial charge in [0.05, 0.1) is 30.5 Å². The number of ketones is 1. The van der Waals surface area contributed by atoms with Crippen LogP contribution in [0.2, 0.25) is 0 Å². The maximum atomic E-state index is 11.5. The first-order valence-electron chi connectivity index (χ1n) is 12.0. The number of methoxy groups -OCH3 is 2. The smallest absolute Gasteiger partial charge is 0.269 e. The number of Topliss-reactive ketones (excluding diaryl/α,β-unsaturated/α-hetero) is 1. The Bertz CT molecular complexity index is 1310. The van der Waals surface area contributed by atoms with E-state index in [0.717, 1.165) is 18.7 Å². The molecule has 0 aliphatic rings. The van der Waals surface area contributed by atoms with Crippen molar-refractivity contribution in [2.75, 3.05) is 32.7 Å². The highest BCUT2D eigenvalue weighted by Crippen LogP contribution is 2.41. The summed E-state index contributed by atoms with van der Waals surface area (Å²) in [6, 6.07) is 16.6. The van der Waals surface area contributed by atoms with Crippen molar-refractivity contribution in [1.29, 1.82) is 0 Å². The van der Waals surface area contributed by atoms with E-state index in [-0.39, 0.29) is 11.5 Å². The topological polar surface area (TPSA) is 131 Å². The standard InChI is InChI=1S/C27H30N6O5/c1-5-23(34)7-6-16-32(2)21-12-8-19(9-13-21)28-30-24-17-27(38-4)25(18-26(24)37-3)31-29-20-10-14-22(15-11-20)33(35)36/h8-15,17-18H,5-7,16H2,1-4H3. The summed E-state index contributed by atoms with van der Waals surface area (Å²) in [7, 11) is 5.00. The predicted molar refractivity (Wildman–Crippen MR) is 145 cm³/mol. The van der Waals surface area contributed by atoms with Crippen molar-refractivity contribution >= 4 is 39.9 Å². The van der Waals surface area contributed by atoms with E-state index in [4.69, 9.17) is 9.47 Å². The van der Waals surface area contributed by atoms with Crippen LogP contribution < -0.4 is 14.4 Å². The zero-order chi connectivity index (χ0) is 27.5. The Balaban J connectivity index is 1.72. The number of ether oxygens (including phenoxy) is 2. The van der Waals surface area contributed by atoms with Gasteiger partial charge in [-0.15, -0.1) is 10.2 Å². The van der Waals surface area contributed by atoms with Crippen LogP contribution in [0.1, 0.15) is 26.2 Å². The normalized spacial score (nSPS) is 11.2. The van der Waals surface area contributed by atoms with Crippen LogP contribution in [0.15, 0.2) is 81.1 Å². The number of non-ortho nitro benzene ring substituents is 1. The monoisotopic (exact) mass is 518 g/mol. The molecule has 3 aromatic carbocycles. The summed E-state index contributed by atoms with van der Waals surface area (Å²) >= 11 is 0. The second-order valence-corrected chi connectivity index (χ2v) is 8.30. The van der Waals surface area contributed by atoms with Gasteiger partial charge in [-0.3, -0.25) is 14.9 Å². The molecule has 0 aliphatic carbocycles. The Morgan fingerprint density at radius 2 is 1.37 bits per heavy atom. The maximum absolute atomic E-state index is 11.5. The lowest BCUT2D eigenvalue weighted by Gasteiger charge is -2.19.